The van der Waals surface area contributed by atoms with Crippen LogP contribution in [0.1, 0.15) is 0 Å². The van der Waals surface area contributed by atoms with E-state index in [4.69, 9.17) is 0 Å². The number of piperazine rings is 1. The van der Waals surface area contributed by atoms with Crippen LogP contribution in [0.2, 0.25) is 0 Å². The Hall–Kier alpha value is -3.75. The van der Waals surface area contributed by atoms with Crippen LogP contribution in [-0.4, -0.2) is 84.8 Å². The van der Waals surface area contributed by atoms with Crippen molar-refractivity contribution in [1.82, 2.24) is 19.5 Å². The van der Waals surface area contributed by atoms with Gasteiger partial charge in [-0.05, 0) is 28.5 Å². The molecule has 0 spiro atoms. The second kappa shape index (κ2) is 10.2. The molecule has 1 saturated heterocycles. The third kappa shape index (κ3) is 4.66. The molecule has 1 amide bonds. The van der Waals surface area contributed by atoms with E-state index in [1.807, 2.05) is 43.3 Å². The highest BCUT2D eigenvalue weighted by Gasteiger charge is 2.31. The quantitative estimate of drug-likeness (QED) is 0.189. The average Bonchev–Trinajstić information content (AvgIpc) is 3.41. The molecule has 14 heteroatoms. The number of benzene rings is 3. The van der Waals surface area contributed by atoms with E-state index in [1.54, 1.807) is 17.0 Å². The lowest BCUT2D eigenvalue weighted by Crippen LogP contribution is -2.51. The molecule has 0 saturated carbocycles. The Morgan fingerprint density at radius 3 is 2.42 bits per heavy atom. The normalized spacial score (nSPS) is 14.7. The lowest BCUT2D eigenvalue weighted by Gasteiger charge is -2.34. The van der Waals surface area contributed by atoms with Crippen LogP contribution in [0.4, 0.5) is 11.4 Å². The van der Waals surface area contributed by atoms with Crippen molar-refractivity contribution in [2.45, 2.75) is 9.79 Å². The first-order valence-corrected chi connectivity index (χ1v) is 14.1. The fourth-order valence-corrected chi connectivity index (χ4v) is 7.05. The first kappa shape index (κ1) is 25.9. The van der Waals surface area contributed by atoms with Crippen molar-refractivity contribution < 1.29 is 22.8 Å². The molecule has 12 nitrogen and oxygen atoms in total. The molecule has 1 aliphatic heterocycles. The molecule has 1 fully saturated rings. The second-order valence-corrected chi connectivity index (χ2v) is 11.8. The lowest BCUT2D eigenvalue weighted by atomic mass is 10.1. The highest BCUT2D eigenvalue weighted by molar-refractivity contribution is 8.00. The summed E-state index contributed by atoms with van der Waals surface area (Å²) in [6.45, 7) is 0.871. The number of non-ortho nitro benzene ring substituents is 1. The minimum absolute atomic E-state index is 0.0254. The van der Waals surface area contributed by atoms with Crippen molar-refractivity contribution in [2.75, 3.05) is 50.9 Å². The Balaban J connectivity index is 1.26. The standard InChI is InChI=1S/C24H24N6O6S2/c1-27(2)18-7-3-6-17-16(18)5-4-8-21(17)38(34,35)29-13-11-28(12-14-29)22(31)15-37-20-10-9-19(30(32)33)23-24(20)26-36-25-23/h3-10H,11-15H2,1-2H3. The number of nitrogens with zero attached hydrogens (tertiary/aromatic N) is 6. The summed E-state index contributed by atoms with van der Waals surface area (Å²) in [5.74, 6) is -0.112. The fourth-order valence-electron chi connectivity index (χ4n) is 4.52. The highest BCUT2D eigenvalue weighted by Crippen LogP contribution is 2.33. The number of fused-ring (bicyclic) bond motifs is 2. The molecular formula is C24H24N6O6S2. The van der Waals surface area contributed by atoms with E-state index in [0.717, 1.165) is 11.1 Å². The van der Waals surface area contributed by atoms with Gasteiger partial charge in [0.15, 0.2) is 5.52 Å². The van der Waals surface area contributed by atoms with Gasteiger partial charge in [-0.3, -0.25) is 14.9 Å². The van der Waals surface area contributed by atoms with Gasteiger partial charge in [0.25, 0.3) is 0 Å². The van der Waals surface area contributed by atoms with E-state index < -0.39 is 14.9 Å². The minimum Gasteiger partial charge on any atom is -0.377 e. The number of anilines is 1. The zero-order chi connectivity index (χ0) is 27.0. The van der Waals surface area contributed by atoms with Gasteiger partial charge in [0.1, 0.15) is 0 Å². The molecular weight excluding hydrogens is 532 g/mol. The predicted molar refractivity (Wildman–Crippen MR) is 143 cm³/mol. The molecule has 1 aromatic heterocycles. The van der Waals surface area contributed by atoms with Crippen LogP contribution in [-0.2, 0) is 14.8 Å². The Bertz CT molecular complexity index is 1650. The van der Waals surface area contributed by atoms with Crippen molar-refractivity contribution in [3.8, 4) is 0 Å². The first-order chi connectivity index (χ1) is 18.2. The highest BCUT2D eigenvalue weighted by atomic mass is 32.2. The van der Waals surface area contributed by atoms with Gasteiger partial charge >= 0.3 is 5.69 Å². The predicted octanol–water partition coefficient (Wildman–Crippen LogP) is 2.98. The molecule has 4 aromatic rings. The van der Waals surface area contributed by atoms with Gasteiger partial charge in [-0.15, -0.1) is 11.8 Å². The van der Waals surface area contributed by atoms with E-state index in [-0.39, 0.29) is 59.5 Å². The summed E-state index contributed by atoms with van der Waals surface area (Å²) in [5.41, 5.74) is 0.954. The van der Waals surface area contributed by atoms with Gasteiger partial charge in [0, 0.05) is 67.7 Å². The van der Waals surface area contributed by atoms with E-state index in [2.05, 4.69) is 14.9 Å². The number of carbonyl (C=O) groups is 1. The number of rotatable bonds is 7. The number of thioether (sulfide) groups is 1. The lowest BCUT2D eigenvalue weighted by molar-refractivity contribution is -0.383. The van der Waals surface area contributed by atoms with Crippen molar-refractivity contribution >= 4 is 60.9 Å². The molecule has 0 radical (unpaired) electrons. The molecule has 1 aliphatic rings. The first-order valence-electron chi connectivity index (χ1n) is 11.7. The number of nitro benzene ring substituents is 1. The van der Waals surface area contributed by atoms with Gasteiger partial charge in [-0.1, -0.05) is 24.3 Å². The largest absolute Gasteiger partial charge is 0.377 e. The Kier molecular flexibility index (Phi) is 6.94. The maximum atomic E-state index is 13.6. The van der Waals surface area contributed by atoms with Crippen molar-refractivity contribution in [1.29, 1.82) is 0 Å². The summed E-state index contributed by atoms with van der Waals surface area (Å²) in [4.78, 5) is 27.8. The molecule has 0 bridgehead atoms. The third-order valence-electron chi connectivity index (χ3n) is 6.45. The van der Waals surface area contributed by atoms with Gasteiger partial charge in [-0.2, -0.15) is 4.31 Å². The van der Waals surface area contributed by atoms with Gasteiger partial charge in [-0.25, -0.2) is 13.0 Å². The van der Waals surface area contributed by atoms with E-state index in [1.165, 1.54) is 28.2 Å². The average molecular weight is 557 g/mol. The van der Waals surface area contributed by atoms with E-state index >= 15 is 0 Å². The SMILES string of the molecule is CN(C)c1cccc2c(S(=O)(=O)N3CCN(C(=O)CSc4ccc([N+](=O)[O-])c5nonc45)CC3)cccc12. The summed E-state index contributed by atoms with van der Waals surface area (Å²) in [6, 6.07) is 13.7. The Labute approximate surface area is 222 Å². The van der Waals surface area contributed by atoms with Crippen LogP contribution >= 0.6 is 11.8 Å². The zero-order valence-corrected chi connectivity index (χ0v) is 22.2. The minimum atomic E-state index is -3.77. The van der Waals surface area contributed by atoms with Crippen LogP contribution in [0.25, 0.3) is 21.8 Å². The molecule has 3 aromatic carbocycles. The second-order valence-electron chi connectivity index (χ2n) is 8.90. The smallest absolute Gasteiger partial charge is 0.300 e. The van der Waals surface area contributed by atoms with Crippen LogP contribution < -0.4 is 4.90 Å². The number of amides is 1. The summed E-state index contributed by atoms with van der Waals surface area (Å²) >= 11 is 1.17. The molecule has 0 aliphatic carbocycles. The molecule has 0 unspecified atom stereocenters. The number of aromatic nitrogens is 2. The molecule has 0 N–H and O–H groups in total. The molecule has 0 atom stereocenters. The monoisotopic (exact) mass is 556 g/mol. The summed E-state index contributed by atoms with van der Waals surface area (Å²) in [5, 5.41) is 20.0. The van der Waals surface area contributed by atoms with E-state index in [9.17, 15) is 23.3 Å². The Morgan fingerprint density at radius 2 is 1.71 bits per heavy atom. The van der Waals surface area contributed by atoms with Crippen molar-refractivity contribution in [2.24, 2.45) is 0 Å². The van der Waals surface area contributed by atoms with Gasteiger partial charge in [0.05, 0.1) is 15.6 Å². The third-order valence-corrected chi connectivity index (χ3v) is 9.44. The van der Waals surface area contributed by atoms with Crippen LogP contribution in [0.15, 0.2) is 63.0 Å². The topological polar surface area (TPSA) is 143 Å². The van der Waals surface area contributed by atoms with Crippen LogP contribution in [0.3, 0.4) is 0 Å². The molecule has 5 rings (SSSR count). The van der Waals surface area contributed by atoms with Gasteiger partial charge < -0.3 is 9.80 Å². The number of sulfonamides is 1. The zero-order valence-electron chi connectivity index (χ0n) is 20.6. The number of carbonyl (C=O) groups excluding carboxylic acids is 1. The van der Waals surface area contributed by atoms with Crippen molar-refractivity contribution in [3.63, 3.8) is 0 Å². The molecule has 2 heterocycles. The maximum absolute atomic E-state index is 13.6. The maximum Gasteiger partial charge on any atom is 0.300 e. The summed E-state index contributed by atoms with van der Waals surface area (Å²) in [7, 11) is 0.0544. The summed E-state index contributed by atoms with van der Waals surface area (Å²) in [6.07, 6.45) is 0. The van der Waals surface area contributed by atoms with Crippen LogP contribution in [0, 0.1) is 10.1 Å². The number of hydrogen-bond donors (Lipinski definition) is 0. The Morgan fingerprint density at radius 1 is 1.03 bits per heavy atom. The molecule has 198 valence electrons. The number of nitro groups is 1. The number of hydrogen-bond acceptors (Lipinski definition) is 10. The molecule has 38 heavy (non-hydrogen) atoms. The van der Waals surface area contributed by atoms with Gasteiger partial charge in [0.2, 0.25) is 21.4 Å². The fraction of sp³-hybridized carbons (Fsp3) is 0.292. The summed E-state index contributed by atoms with van der Waals surface area (Å²) < 4.78 is 33.2. The van der Waals surface area contributed by atoms with E-state index in [0.29, 0.717) is 10.3 Å². The van der Waals surface area contributed by atoms with Crippen LogP contribution in [0.5, 0.6) is 0 Å². The van der Waals surface area contributed by atoms with Crippen molar-refractivity contribution in [3.05, 3.63) is 58.6 Å².